The highest BCUT2D eigenvalue weighted by Crippen LogP contribution is 2.30. The Morgan fingerprint density at radius 3 is 2.96 bits per heavy atom. The van der Waals surface area contributed by atoms with E-state index in [9.17, 15) is 18.0 Å². The molecule has 3 heterocycles. The summed E-state index contributed by atoms with van der Waals surface area (Å²) < 4.78 is 34.7. The van der Waals surface area contributed by atoms with Crippen LogP contribution in [0.15, 0.2) is 12.5 Å². The molecule has 2 bridgehead atoms. The first-order chi connectivity index (χ1) is 11.8. The molecule has 2 aliphatic heterocycles. The predicted octanol–water partition coefficient (Wildman–Crippen LogP) is -0.997. The molecule has 1 aromatic rings. The number of hydroxylamine groups is 3. The van der Waals surface area contributed by atoms with E-state index in [0.29, 0.717) is 24.3 Å². The van der Waals surface area contributed by atoms with Gasteiger partial charge in [0, 0.05) is 24.9 Å². The molecule has 2 aliphatic rings. The third-order valence-electron chi connectivity index (χ3n) is 4.00. The van der Waals surface area contributed by atoms with Crippen molar-refractivity contribution in [1.82, 2.24) is 25.4 Å². The zero-order valence-electron chi connectivity index (χ0n) is 13.0. The lowest BCUT2D eigenvalue weighted by molar-refractivity contribution is -0.138. The number of nitrogens with zero attached hydrogens (tertiary/aromatic N) is 3. The van der Waals surface area contributed by atoms with Crippen LogP contribution in [0.4, 0.5) is 4.79 Å². The summed E-state index contributed by atoms with van der Waals surface area (Å²) in [5.41, 5.74) is 3.14. The highest BCUT2D eigenvalue weighted by Gasteiger charge is 2.49. The van der Waals surface area contributed by atoms with Crippen molar-refractivity contribution in [3.8, 4) is 0 Å². The number of carbonyl (C=O) groups is 2. The molecule has 3 rings (SSSR count). The summed E-state index contributed by atoms with van der Waals surface area (Å²) in [7, 11) is -4.81. The third kappa shape index (κ3) is 4.07. The number of imidazole rings is 1. The summed E-state index contributed by atoms with van der Waals surface area (Å²) in [6.45, 7) is 0.343. The largest absolute Gasteiger partial charge is 0.418 e. The Kier molecular flexibility index (Phi) is 4.89. The van der Waals surface area contributed by atoms with Crippen molar-refractivity contribution in [2.75, 3.05) is 13.2 Å². The zero-order valence-corrected chi connectivity index (χ0v) is 13.8. The first kappa shape index (κ1) is 17.6. The van der Waals surface area contributed by atoms with Gasteiger partial charge in [0.2, 0.25) is 0 Å². The van der Waals surface area contributed by atoms with Gasteiger partial charge in [0.15, 0.2) is 0 Å². The second-order valence-corrected chi connectivity index (χ2v) is 6.66. The van der Waals surface area contributed by atoms with Gasteiger partial charge >= 0.3 is 16.4 Å². The molecular formula is C12H17N5O7S. The molecule has 3 N–H and O–H groups in total. The van der Waals surface area contributed by atoms with Crippen molar-refractivity contribution < 1.29 is 31.7 Å². The first-order valence-electron chi connectivity index (χ1n) is 7.51. The number of carbonyl (C=O) groups excluding carboxylic acids is 2. The van der Waals surface area contributed by atoms with E-state index in [1.54, 1.807) is 6.20 Å². The normalized spacial score (nSPS) is 23.2. The minimum Gasteiger partial charge on any atom is -0.348 e. The van der Waals surface area contributed by atoms with Crippen LogP contribution in [0.1, 0.15) is 18.5 Å². The van der Waals surface area contributed by atoms with Crippen LogP contribution >= 0.6 is 0 Å². The standard InChI is InChI=1S/C12H17N5O7S/c18-11(15-23-4-3-8-5-13-7-14-8)10-2-1-9-6-16(10)12(19)17(9)24-25(20,21)22/h5,7,9-10H,1-4,6H2,(H,13,14)(H,15,18)(H,20,21,22)/t9-,10+/m1/s1. The van der Waals surface area contributed by atoms with Gasteiger partial charge in [-0.1, -0.05) is 0 Å². The maximum absolute atomic E-state index is 12.2. The van der Waals surface area contributed by atoms with E-state index in [1.807, 2.05) is 0 Å². The van der Waals surface area contributed by atoms with Gasteiger partial charge in [0.05, 0.1) is 19.0 Å². The van der Waals surface area contributed by atoms with Crippen molar-refractivity contribution in [3.05, 3.63) is 18.2 Å². The second-order valence-electron chi connectivity index (χ2n) is 5.65. The summed E-state index contributed by atoms with van der Waals surface area (Å²) in [5, 5.41) is 0.585. The summed E-state index contributed by atoms with van der Waals surface area (Å²) in [5.74, 6) is -0.509. The Morgan fingerprint density at radius 1 is 1.48 bits per heavy atom. The number of fused-ring (bicyclic) bond motifs is 2. The lowest BCUT2D eigenvalue weighted by Gasteiger charge is -2.28. The molecule has 0 aromatic carbocycles. The van der Waals surface area contributed by atoms with Gasteiger partial charge in [-0.25, -0.2) is 15.3 Å². The molecule has 0 saturated carbocycles. The van der Waals surface area contributed by atoms with Crippen LogP contribution in [0.25, 0.3) is 0 Å². The number of aromatic amines is 1. The monoisotopic (exact) mass is 375 g/mol. The fourth-order valence-electron chi connectivity index (χ4n) is 2.88. The SMILES string of the molecule is O=C(NOCCc1cnc[nH]1)[C@@H]1CC[C@@H]2CN1C(=O)N2OS(=O)(=O)O. The number of aromatic nitrogens is 2. The van der Waals surface area contributed by atoms with Gasteiger partial charge in [-0.05, 0) is 12.8 Å². The second kappa shape index (κ2) is 6.95. The van der Waals surface area contributed by atoms with Crippen molar-refractivity contribution in [1.29, 1.82) is 0 Å². The Bertz CT molecular complexity index is 737. The number of nitrogens with one attached hydrogen (secondary N) is 2. The van der Waals surface area contributed by atoms with Crippen LogP contribution in [-0.2, 0) is 30.7 Å². The molecule has 0 spiro atoms. The number of piperidine rings is 1. The topological polar surface area (TPSA) is 154 Å². The molecule has 2 saturated heterocycles. The van der Waals surface area contributed by atoms with Crippen LogP contribution in [0, 0.1) is 0 Å². The van der Waals surface area contributed by atoms with Crippen LogP contribution in [0.5, 0.6) is 0 Å². The highest BCUT2D eigenvalue weighted by molar-refractivity contribution is 7.80. The molecule has 0 radical (unpaired) electrons. The van der Waals surface area contributed by atoms with Crippen LogP contribution in [0.2, 0.25) is 0 Å². The Balaban J connectivity index is 1.51. The van der Waals surface area contributed by atoms with E-state index in [1.165, 1.54) is 11.2 Å². The Morgan fingerprint density at radius 2 is 2.28 bits per heavy atom. The predicted molar refractivity (Wildman–Crippen MR) is 79.8 cm³/mol. The Hall–Kier alpha value is -2.22. The lowest BCUT2D eigenvalue weighted by atomic mass is 10.0. The van der Waals surface area contributed by atoms with Crippen molar-refractivity contribution in [2.45, 2.75) is 31.3 Å². The van der Waals surface area contributed by atoms with Gasteiger partial charge in [0.25, 0.3) is 5.91 Å². The molecule has 25 heavy (non-hydrogen) atoms. The minimum atomic E-state index is -4.81. The fourth-order valence-corrected chi connectivity index (χ4v) is 3.27. The van der Waals surface area contributed by atoms with Gasteiger partial charge in [0.1, 0.15) is 6.04 Å². The molecule has 2 atom stereocenters. The molecular weight excluding hydrogens is 358 g/mol. The van der Waals surface area contributed by atoms with Crippen molar-refractivity contribution in [2.24, 2.45) is 0 Å². The number of hydrogen-bond donors (Lipinski definition) is 3. The van der Waals surface area contributed by atoms with Crippen molar-refractivity contribution in [3.63, 3.8) is 0 Å². The van der Waals surface area contributed by atoms with Crippen LogP contribution < -0.4 is 5.48 Å². The fraction of sp³-hybridized carbons (Fsp3) is 0.583. The summed E-state index contributed by atoms with van der Waals surface area (Å²) in [6.07, 6.45) is 4.36. The molecule has 1 aromatic heterocycles. The number of urea groups is 1. The maximum Gasteiger partial charge on any atom is 0.418 e. The zero-order chi connectivity index (χ0) is 18.0. The van der Waals surface area contributed by atoms with Gasteiger partial charge < -0.3 is 9.88 Å². The van der Waals surface area contributed by atoms with E-state index in [-0.39, 0.29) is 13.2 Å². The molecule has 3 amide bonds. The van der Waals surface area contributed by atoms with E-state index in [4.69, 9.17) is 9.39 Å². The minimum absolute atomic E-state index is 0.126. The van der Waals surface area contributed by atoms with Crippen LogP contribution in [0.3, 0.4) is 0 Å². The number of rotatable bonds is 7. The van der Waals surface area contributed by atoms with E-state index in [0.717, 1.165) is 5.69 Å². The van der Waals surface area contributed by atoms with Gasteiger partial charge in [-0.15, -0.1) is 4.28 Å². The number of hydrogen-bond acceptors (Lipinski definition) is 7. The molecule has 13 heteroatoms. The van der Waals surface area contributed by atoms with Crippen molar-refractivity contribution >= 4 is 22.3 Å². The average Bonchev–Trinajstić information content (AvgIpc) is 3.14. The molecule has 138 valence electrons. The van der Waals surface area contributed by atoms with Gasteiger partial charge in [-0.3, -0.25) is 14.2 Å². The quantitative estimate of drug-likeness (QED) is 0.311. The van der Waals surface area contributed by atoms with E-state index in [2.05, 4.69) is 19.7 Å². The Labute approximate surface area is 142 Å². The molecule has 2 fully saturated rings. The maximum atomic E-state index is 12.2. The molecule has 12 nitrogen and oxygen atoms in total. The van der Waals surface area contributed by atoms with Crippen LogP contribution in [-0.4, -0.2) is 70.1 Å². The smallest absolute Gasteiger partial charge is 0.348 e. The lowest BCUT2D eigenvalue weighted by Crippen LogP contribution is -2.49. The van der Waals surface area contributed by atoms with E-state index < -0.39 is 34.4 Å². The third-order valence-corrected chi connectivity index (χ3v) is 4.35. The average molecular weight is 375 g/mol. The molecule has 0 aliphatic carbocycles. The molecule has 0 unspecified atom stereocenters. The summed E-state index contributed by atoms with van der Waals surface area (Å²) in [6, 6.07) is -2.14. The van der Waals surface area contributed by atoms with E-state index >= 15 is 0 Å². The number of amides is 3. The highest BCUT2D eigenvalue weighted by atomic mass is 32.3. The van der Waals surface area contributed by atoms with Gasteiger partial charge in [-0.2, -0.15) is 13.5 Å². The number of H-pyrrole nitrogens is 1. The summed E-state index contributed by atoms with van der Waals surface area (Å²) in [4.78, 5) is 37.4. The summed E-state index contributed by atoms with van der Waals surface area (Å²) >= 11 is 0. The first-order valence-corrected chi connectivity index (χ1v) is 8.87.